The van der Waals surface area contributed by atoms with E-state index in [1.807, 2.05) is 30.3 Å². The molecule has 174 valence electrons. The molecule has 0 spiro atoms. The second-order valence-electron chi connectivity index (χ2n) is 10.0. The highest BCUT2D eigenvalue weighted by molar-refractivity contribution is 7.97. The molecule has 6 heteroatoms. The summed E-state index contributed by atoms with van der Waals surface area (Å²) in [7, 11) is -1.76. The summed E-state index contributed by atoms with van der Waals surface area (Å²) in [5.41, 5.74) is 3.80. The van der Waals surface area contributed by atoms with Crippen molar-refractivity contribution in [2.45, 2.75) is 43.0 Å². The molecular weight excluding hydrogens is 466 g/mol. The van der Waals surface area contributed by atoms with Crippen molar-refractivity contribution in [1.29, 1.82) is 0 Å². The summed E-state index contributed by atoms with van der Waals surface area (Å²) in [5, 5.41) is 0.683. The molecule has 2 heterocycles. The summed E-state index contributed by atoms with van der Waals surface area (Å²) in [4.78, 5) is 15.1. The molecule has 0 fully saturated rings. The van der Waals surface area contributed by atoms with Gasteiger partial charge in [0.15, 0.2) is 0 Å². The number of rotatable bonds is 2. The van der Waals surface area contributed by atoms with Crippen LogP contribution in [0.5, 0.6) is 0 Å². The Labute approximate surface area is 205 Å². The first kappa shape index (κ1) is 22.9. The zero-order valence-electron chi connectivity index (χ0n) is 19.6. The van der Waals surface area contributed by atoms with E-state index in [4.69, 9.17) is 11.6 Å². The maximum Gasteiger partial charge on any atom is 0.211 e. The average Bonchev–Trinajstić information content (AvgIpc) is 2.99. The van der Waals surface area contributed by atoms with Gasteiger partial charge in [-0.1, -0.05) is 48.9 Å². The van der Waals surface area contributed by atoms with Crippen LogP contribution in [0.1, 0.15) is 54.2 Å². The van der Waals surface area contributed by atoms with Crippen LogP contribution in [0.15, 0.2) is 76.5 Å². The SMILES string of the molecule is CN1c2ccc(/C=C3\C(=O)c4ccccc4S3(=O)=O)cc2C(C)(c2ccc(Cl)cc2)CC1(C)C. The lowest BCUT2D eigenvalue weighted by molar-refractivity contribution is 0.104. The number of hydrogen-bond acceptors (Lipinski definition) is 4. The number of hydrogen-bond donors (Lipinski definition) is 0. The smallest absolute Gasteiger partial charge is 0.211 e. The topological polar surface area (TPSA) is 54.5 Å². The van der Waals surface area contributed by atoms with E-state index in [0.29, 0.717) is 10.6 Å². The van der Waals surface area contributed by atoms with E-state index in [-0.39, 0.29) is 26.3 Å². The van der Waals surface area contributed by atoms with Gasteiger partial charge >= 0.3 is 0 Å². The van der Waals surface area contributed by atoms with Crippen LogP contribution in [0.25, 0.3) is 6.08 Å². The fourth-order valence-electron chi connectivity index (χ4n) is 5.41. The van der Waals surface area contributed by atoms with E-state index < -0.39 is 15.6 Å². The largest absolute Gasteiger partial charge is 0.369 e. The van der Waals surface area contributed by atoms with Crippen LogP contribution >= 0.6 is 11.6 Å². The fraction of sp³-hybridized carbons (Fsp3) is 0.250. The molecule has 0 N–H and O–H groups in total. The maximum atomic E-state index is 13.1. The number of anilines is 1. The Morgan fingerprint density at radius 2 is 1.65 bits per heavy atom. The number of fused-ring (bicyclic) bond motifs is 2. The van der Waals surface area contributed by atoms with Gasteiger partial charge < -0.3 is 4.90 Å². The monoisotopic (exact) mass is 491 g/mol. The lowest BCUT2D eigenvalue weighted by Crippen LogP contribution is -2.51. The van der Waals surface area contributed by atoms with Gasteiger partial charge in [-0.3, -0.25) is 4.79 Å². The second-order valence-corrected chi connectivity index (χ2v) is 12.3. The summed E-state index contributed by atoms with van der Waals surface area (Å²) in [5.74, 6) is -0.452. The third-order valence-electron chi connectivity index (χ3n) is 7.38. The van der Waals surface area contributed by atoms with Crippen molar-refractivity contribution in [3.8, 4) is 0 Å². The Morgan fingerprint density at radius 1 is 0.971 bits per heavy atom. The third kappa shape index (κ3) is 3.33. The average molecular weight is 492 g/mol. The van der Waals surface area contributed by atoms with Gasteiger partial charge in [-0.05, 0) is 79.4 Å². The number of halogens is 1. The van der Waals surface area contributed by atoms with Crippen molar-refractivity contribution >= 4 is 39.0 Å². The van der Waals surface area contributed by atoms with E-state index in [2.05, 4.69) is 44.9 Å². The summed E-state index contributed by atoms with van der Waals surface area (Å²) < 4.78 is 26.2. The van der Waals surface area contributed by atoms with Crippen LogP contribution in [-0.2, 0) is 15.3 Å². The number of allylic oxidation sites excluding steroid dienone is 1. The van der Waals surface area contributed by atoms with Gasteiger partial charge in [0.2, 0.25) is 15.6 Å². The number of nitrogens with zero attached hydrogens (tertiary/aromatic N) is 1. The number of sulfone groups is 1. The molecular formula is C28H26ClNO3S. The zero-order chi connectivity index (χ0) is 24.5. The molecule has 0 radical (unpaired) electrons. The molecule has 2 aliphatic rings. The van der Waals surface area contributed by atoms with Crippen molar-refractivity contribution < 1.29 is 13.2 Å². The maximum absolute atomic E-state index is 13.1. The molecule has 1 unspecified atom stereocenters. The Hall–Kier alpha value is -2.89. The third-order valence-corrected chi connectivity index (χ3v) is 9.45. The number of benzene rings is 3. The van der Waals surface area contributed by atoms with E-state index >= 15 is 0 Å². The molecule has 5 rings (SSSR count). The normalized spacial score (nSPS) is 23.6. The van der Waals surface area contributed by atoms with Gasteiger partial charge in [-0.15, -0.1) is 0 Å². The number of carbonyl (C=O) groups is 1. The minimum Gasteiger partial charge on any atom is -0.369 e. The molecule has 0 aromatic heterocycles. The summed E-state index contributed by atoms with van der Waals surface area (Å²) in [6, 6.07) is 20.2. The van der Waals surface area contributed by atoms with Crippen molar-refractivity contribution in [2.75, 3.05) is 11.9 Å². The lowest BCUT2D eigenvalue weighted by atomic mass is 9.65. The molecule has 4 nitrogen and oxygen atoms in total. The van der Waals surface area contributed by atoms with Crippen LogP contribution < -0.4 is 4.90 Å². The van der Waals surface area contributed by atoms with Gasteiger partial charge in [0, 0.05) is 34.3 Å². The van der Waals surface area contributed by atoms with Crippen LogP contribution in [-0.4, -0.2) is 26.8 Å². The fourth-order valence-corrected chi connectivity index (χ4v) is 7.13. The first-order valence-corrected chi connectivity index (χ1v) is 13.1. The van der Waals surface area contributed by atoms with E-state index in [0.717, 1.165) is 23.2 Å². The van der Waals surface area contributed by atoms with Gasteiger partial charge in [0.1, 0.15) is 4.91 Å². The summed E-state index contributed by atoms with van der Waals surface area (Å²) in [6.45, 7) is 6.66. The molecule has 0 saturated heterocycles. The van der Waals surface area contributed by atoms with Crippen molar-refractivity contribution in [3.63, 3.8) is 0 Å². The lowest BCUT2D eigenvalue weighted by Gasteiger charge is -2.51. The molecule has 34 heavy (non-hydrogen) atoms. The molecule has 0 bridgehead atoms. The Balaban J connectivity index is 1.69. The number of carbonyl (C=O) groups excluding carboxylic acids is 1. The quantitative estimate of drug-likeness (QED) is 0.396. The molecule has 2 aliphatic heterocycles. The summed E-state index contributed by atoms with van der Waals surface area (Å²) in [6.07, 6.45) is 2.37. The molecule has 0 saturated carbocycles. The minimum absolute atomic E-state index is 0.0803. The van der Waals surface area contributed by atoms with E-state index in [1.54, 1.807) is 18.2 Å². The zero-order valence-corrected chi connectivity index (χ0v) is 21.2. The van der Waals surface area contributed by atoms with Gasteiger partial charge in [-0.25, -0.2) is 8.42 Å². The van der Waals surface area contributed by atoms with Gasteiger partial charge in [0.25, 0.3) is 0 Å². The Bertz CT molecular complexity index is 1470. The highest BCUT2D eigenvalue weighted by Gasteiger charge is 2.44. The Morgan fingerprint density at radius 3 is 2.32 bits per heavy atom. The highest BCUT2D eigenvalue weighted by Crippen LogP contribution is 2.50. The van der Waals surface area contributed by atoms with Gasteiger partial charge in [0.05, 0.1) is 4.90 Å². The molecule has 3 aromatic carbocycles. The van der Waals surface area contributed by atoms with Crippen molar-refractivity contribution in [2.24, 2.45) is 0 Å². The molecule has 1 atom stereocenters. The van der Waals surface area contributed by atoms with Crippen LogP contribution in [0.4, 0.5) is 5.69 Å². The summed E-state index contributed by atoms with van der Waals surface area (Å²) >= 11 is 6.17. The minimum atomic E-state index is -3.84. The molecule has 0 amide bonds. The first-order chi connectivity index (χ1) is 15.9. The predicted octanol–water partition coefficient (Wildman–Crippen LogP) is 6.28. The van der Waals surface area contributed by atoms with Crippen LogP contribution in [0, 0.1) is 0 Å². The standard InChI is InChI=1S/C28H26ClNO3S/c1-27(2)17-28(3,19-10-12-20(29)13-11-19)22-15-18(9-14-23(22)30(27)4)16-25-26(31)21-7-5-6-8-24(21)34(25,32)33/h5-16H,17H2,1-4H3/b25-16+. The molecule has 3 aromatic rings. The van der Waals surface area contributed by atoms with Crippen LogP contribution in [0.3, 0.4) is 0 Å². The second kappa shape index (κ2) is 7.56. The number of ketones is 1. The first-order valence-electron chi connectivity index (χ1n) is 11.2. The van der Waals surface area contributed by atoms with E-state index in [9.17, 15) is 13.2 Å². The predicted molar refractivity (Wildman–Crippen MR) is 137 cm³/mol. The van der Waals surface area contributed by atoms with Crippen molar-refractivity contribution in [3.05, 3.63) is 98.9 Å². The van der Waals surface area contributed by atoms with Gasteiger partial charge in [-0.2, -0.15) is 0 Å². The van der Waals surface area contributed by atoms with Crippen LogP contribution in [0.2, 0.25) is 5.02 Å². The molecule has 0 aliphatic carbocycles. The van der Waals surface area contributed by atoms with E-state index in [1.165, 1.54) is 12.1 Å². The van der Waals surface area contributed by atoms with Crippen molar-refractivity contribution in [1.82, 2.24) is 0 Å². The Kier molecular flexibility index (Phi) is 5.08. The highest BCUT2D eigenvalue weighted by atomic mass is 35.5. The number of Topliss-reactive ketones (excluding diaryl/α,β-unsaturated/α-hetero) is 1.